The molecule has 2 aliphatic heterocycles. The lowest BCUT2D eigenvalue weighted by Crippen LogP contribution is -2.58. The van der Waals surface area contributed by atoms with Gasteiger partial charge in [0.25, 0.3) is 17.7 Å². The fraction of sp³-hybridized carbons (Fsp3) is 0.214. The van der Waals surface area contributed by atoms with E-state index in [1.807, 2.05) is 0 Å². The molecule has 1 aromatic carbocycles. The number of carbonyl (C=O) groups is 5. The SMILES string of the molecule is NC(=O)N1C(=O)CCC(N2C(=O)c3ccccc3C2=O)C1=O. The van der Waals surface area contributed by atoms with E-state index in [2.05, 4.69) is 0 Å². The van der Waals surface area contributed by atoms with Gasteiger partial charge in [-0.15, -0.1) is 0 Å². The van der Waals surface area contributed by atoms with Crippen molar-refractivity contribution in [2.24, 2.45) is 5.73 Å². The predicted octanol–water partition coefficient (Wildman–Crippen LogP) is -0.121. The van der Waals surface area contributed by atoms with Crippen LogP contribution in [0.5, 0.6) is 0 Å². The first-order valence-electron chi connectivity index (χ1n) is 6.56. The molecule has 1 unspecified atom stereocenters. The number of amides is 6. The molecule has 0 aromatic heterocycles. The molecular formula is C14H11N3O5. The molecule has 0 aliphatic carbocycles. The minimum absolute atomic E-state index is 0.0209. The second kappa shape index (κ2) is 4.76. The van der Waals surface area contributed by atoms with Crippen molar-refractivity contribution >= 4 is 29.7 Å². The number of rotatable bonds is 1. The third-order valence-corrected chi connectivity index (χ3v) is 3.74. The molecular weight excluding hydrogens is 290 g/mol. The summed E-state index contributed by atoms with van der Waals surface area (Å²) in [7, 11) is 0. The van der Waals surface area contributed by atoms with Gasteiger partial charge in [-0.05, 0) is 18.6 Å². The highest BCUT2D eigenvalue weighted by Crippen LogP contribution is 2.28. The number of nitrogens with two attached hydrogens (primary N) is 1. The maximum Gasteiger partial charge on any atom is 0.328 e. The van der Waals surface area contributed by atoms with Gasteiger partial charge in [0.05, 0.1) is 11.1 Å². The Morgan fingerprint density at radius 3 is 2.09 bits per heavy atom. The molecule has 1 fully saturated rings. The normalized spacial score (nSPS) is 21.4. The molecule has 1 atom stereocenters. The first kappa shape index (κ1) is 13.9. The second-order valence-corrected chi connectivity index (χ2v) is 4.99. The fourth-order valence-corrected chi connectivity index (χ4v) is 2.73. The molecule has 0 saturated carbocycles. The Labute approximate surface area is 124 Å². The van der Waals surface area contributed by atoms with Crippen LogP contribution in [0.4, 0.5) is 4.79 Å². The van der Waals surface area contributed by atoms with E-state index in [9.17, 15) is 24.0 Å². The number of nitrogens with zero attached hydrogens (tertiary/aromatic N) is 2. The van der Waals surface area contributed by atoms with Crippen LogP contribution in [-0.4, -0.2) is 45.5 Å². The Balaban J connectivity index is 1.97. The van der Waals surface area contributed by atoms with Crippen LogP contribution >= 0.6 is 0 Å². The van der Waals surface area contributed by atoms with Gasteiger partial charge in [-0.3, -0.25) is 24.1 Å². The highest BCUT2D eigenvalue weighted by Gasteiger charge is 2.48. The molecule has 8 heteroatoms. The van der Waals surface area contributed by atoms with Crippen LogP contribution in [0.25, 0.3) is 0 Å². The topological polar surface area (TPSA) is 118 Å². The summed E-state index contributed by atoms with van der Waals surface area (Å²) < 4.78 is 0. The van der Waals surface area contributed by atoms with Gasteiger partial charge in [-0.25, -0.2) is 4.79 Å². The minimum Gasteiger partial charge on any atom is -0.351 e. The van der Waals surface area contributed by atoms with Gasteiger partial charge in [0.1, 0.15) is 6.04 Å². The molecule has 2 aliphatic rings. The molecule has 22 heavy (non-hydrogen) atoms. The van der Waals surface area contributed by atoms with Crippen molar-refractivity contribution in [3.63, 3.8) is 0 Å². The van der Waals surface area contributed by atoms with Crippen molar-refractivity contribution in [1.29, 1.82) is 0 Å². The molecule has 2 heterocycles. The van der Waals surface area contributed by atoms with Gasteiger partial charge >= 0.3 is 6.03 Å². The molecule has 0 radical (unpaired) electrons. The summed E-state index contributed by atoms with van der Waals surface area (Å²) in [5.41, 5.74) is 5.41. The average Bonchev–Trinajstić information content (AvgIpc) is 2.72. The molecule has 8 nitrogen and oxygen atoms in total. The van der Waals surface area contributed by atoms with Crippen molar-refractivity contribution in [2.45, 2.75) is 18.9 Å². The third-order valence-electron chi connectivity index (χ3n) is 3.74. The number of benzene rings is 1. The summed E-state index contributed by atoms with van der Waals surface area (Å²) in [5, 5.41) is 0. The van der Waals surface area contributed by atoms with Crippen LogP contribution < -0.4 is 5.73 Å². The number of carbonyl (C=O) groups excluding carboxylic acids is 5. The molecule has 0 bridgehead atoms. The van der Waals surface area contributed by atoms with Crippen molar-refractivity contribution in [2.75, 3.05) is 0 Å². The van der Waals surface area contributed by atoms with E-state index < -0.39 is 35.7 Å². The summed E-state index contributed by atoms with van der Waals surface area (Å²) in [5.74, 6) is -2.90. The predicted molar refractivity (Wildman–Crippen MR) is 71.4 cm³/mol. The molecule has 0 spiro atoms. The maximum atomic E-state index is 12.3. The Bertz CT molecular complexity index is 707. The van der Waals surface area contributed by atoms with E-state index >= 15 is 0 Å². The zero-order valence-electron chi connectivity index (χ0n) is 11.3. The average molecular weight is 301 g/mol. The van der Waals surface area contributed by atoms with Crippen LogP contribution in [-0.2, 0) is 9.59 Å². The standard InChI is InChI=1S/C14H11N3O5/c15-14(22)17-10(18)6-5-9(13(17)21)16-11(19)7-3-1-2-4-8(7)12(16)20/h1-4,9H,5-6H2,(H2,15,22). The third kappa shape index (κ3) is 1.80. The van der Waals surface area contributed by atoms with E-state index in [-0.39, 0.29) is 28.9 Å². The Hall–Kier alpha value is -3.03. The molecule has 1 aromatic rings. The molecule has 3 rings (SSSR count). The smallest absolute Gasteiger partial charge is 0.328 e. The number of likely N-dealkylation sites (tertiary alicyclic amines) is 1. The monoisotopic (exact) mass is 301 g/mol. The zero-order valence-corrected chi connectivity index (χ0v) is 11.3. The summed E-state index contributed by atoms with van der Waals surface area (Å²) >= 11 is 0. The van der Waals surface area contributed by atoms with Gasteiger partial charge in [0, 0.05) is 6.42 Å². The summed E-state index contributed by atoms with van der Waals surface area (Å²) in [4.78, 5) is 60.9. The Morgan fingerprint density at radius 2 is 1.59 bits per heavy atom. The second-order valence-electron chi connectivity index (χ2n) is 4.99. The first-order chi connectivity index (χ1) is 10.4. The van der Waals surface area contributed by atoms with Crippen molar-refractivity contribution < 1.29 is 24.0 Å². The molecule has 112 valence electrons. The lowest BCUT2D eigenvalue weighted by Gasteiger charge is -2.32. The first-order valence-corrected chi connectivity index (χ1v) is 6.56. The van der Waals surface area contributed by atoms with Gasteiger partial charge in [0.2, 0.25) is 5.91 Å². The lowest BCUT2D eigenvalue weighted by atomic mass is 10.0. The van der Waals surface area contributed by atoms with Crippen LogP contribution in [0.15, 0.2) is 24.3 Å². The van der Waals surface area contributed by atoms with E-state index in [0.29, 0.717) is 0 Å². The van der Waals surface area contributed by atoms with E-state index in [0.717, 1.165) is 4.90 Å². The molecule has 6 amide bonds. The Morgan fingerprint density at radius 1 is 1.05 bits per heavy atom. The summed E-state index contributed by atoms with van der Waals surface area (Å²) in [6.07, 6.45) is -0.167. The summed E-state index contributed by atoms with van der Waals surface area (Å²) in [6.45, 7) is 0. The zero-order chi connectivity index (χ0) is 16.0. The number of primary amides is 1. The summed E-state index contributed by atoms with van der Waals surface area (Å²) in [6, 6.07) is 3.78. The van der Waals surface area contributed by atoms with Crippen molar-refractivity contribution in [3.8, 4) is 0 Å². The van der Waals surface area contributed by atoms with E-state index in [1.165, 1.54) is 12.1 Å². The minimum atomic E-state index is -1.21. The van der Waals surface area contributed by atoms with Crippen LogP contribution in [0, 0.1) is 0 Å². The maximum absolute atomic E-state index is 12.3. The molecule has 1 saturated heterocycles. The van der Waals surface area contributed by atoms with Crippen molar-refractivity contribution in [1.82, 2.24) is 9.80 Å². The quantitative estimate of drug-likeness (QED) is 0.725. The number of hydrogen-bond acceptors (Lipinski definition) is 5. The lowest BCUT2D eigenvalue weighted by molar-refractivity contribution is -0.147. The largest absolute Gasteiger partial charge is 0.351 e. The molecule has 2 N–H and O–H groups in total. The van der Waals surface area contributed by atoms with E-state index in [4.69, 9.17) is 5.73 Å². The van der Waals surface area contributed by atoms with Gasteiger partial charge < -0.3 is 5.73 Å². The fourth-order valence-electron chi connectivity index (χ4n) is 2.73. The number of imide groups is 4. The van der Waals surface area contributed by atoms with Crippen LogP contribution in [0.1, 0.15) is 33.6 Å². The van der Waals surface area contributed by atoms with Gasteiger partial charge in [0.15, 0.2) is 0 Å². The van der Waals surface area contributed by atoms with Crippen LogP contribution in [0.2, 0.25) is 0 Å². The van der Waals surface area contributed by atoms with E-state index in [1.54, 1.807) is 12.1 Å². The van der Waals surface area contributed by atoms with Gasteiger partial charge in [-0.2, -0.15) is 4.90 Å². The highest BCUT2D eigenvalue weighted by atomic mass is 16.2. The van der Waals surface area contributed by atoms with Gasteiger partial charge in [-0.1, -0.05) is 12.1 Å². The Kier molecular flexibility index (Phi) is 3.01. The van der Waals surface area contributed by atoms with Crippen molar-refractivity contribution in [3.05, 3.63) is 35.4 Å². The highest BCUT2D eigenvalue weighted by molar-refractivity contribution is 6.24. The number of piperidine rings is 1. The number of urea groups is 1. The van der Waals surface area contributed by atoms with Crippen LogP contribution in [0.3, 0.4) is 0 Å². The number of hydrogen-bond donors (Lipinski definition) is 1. The number of fused-ring (bicyclic) bond motifs is 1.